The highest BCUT2D eigenvalue weighted by atomic mass is 16.5. The highest BCUT2D eigenvalue weighted by Gasteiger charge is 2.33. The monoisotopic (exact) mass is 212 g/mol. The van der Waals surface area contributed by atoms with Gasteiger partial charge in [0, 0.05) is 13.5 Å². The van der Waals surface area contributed by atoms with E-state index in [1.807, 2.05) is 0 Å². The van der Waals surface area contributed by atoms with Crippen LogP contribution in [0.5, 0.6) is 0 Å². The SMILES string of the molecule is COC1CCCCC2CC(=O)OCC2C1. The van der Waals surface area contributed by atoms with Gasteiger partial charge in [0.15, 0.2) is 0 Å². The summed E-state index contributed by atoms with van der Waals surface area (Å²) < 4.78 is 10.6. The topological polar surface area (TPSA) is 35.5 Å². The Morgan fingerprint density at radius 3 is 2.87 bits per heavy atom. The molecule has 0 N–H and O–H groups in total. The van der Waals surface area contributed by atoms with Crippen LogP contribution in [0.1, 0.15) is 38.5 Å². The van der Waals surface area contributed by atoms with Crippen LogP contribution in [-0.2, 0) is 14.3 Å². The molecule has 2 aliphatic rings. The van der Waals surface area contributed by atoms with E-state index in [1.165, 1.54) is 19.3 Å². The molecule has 1 saturated heterocycles. The molecule has 2 fully saturated rings. The van der Waals surface area contributed by atoms with E-state index in [9.17, 15) is 4.79 Å². The van der Waals surface area contributed by atoms with Crippen LogP contribution in [0, 0.1) is 11.8 Å². The number of rotatable bonds is 1. The van der Waals surface area contributed by atoms with E-state index in [4.69, 9.17) is 9.47 Å². The fraction of sp³-hybridized carbons (Fsp3) is 0.917. The molecule has 0 spiro atoms. The van der Waals surface area contributed by atoms with E-state index >= 15 is 0 Å². The number of esters is 1. The molecule has 2 rings (SSSR count). The summed E-state index contributed by atoms with van der Waals surface area (Å²) in [4.78, 5) is 11.2. The quantitative estimate of drug-likeness (QED) is 0.625. The lowest BCUT2D eigenvalue weighted by molar-refractivity contribution is -0.154. The van der Waals surface area contributed by atoms with Crippen molar-refractivity contribution in [3.8, 4) is 0 Å². The molecule has 0 aromatic carbocycles. The molecule has 3 heteroatoms. The van der Waals surface area contributed by atoms with Gasteiger partial charge in [0.05, 0.1) is 12.7 Å². The van der Waals surface area contributed by atoms with Gasteiger partial charge in [0.2, 0.25) is 0 Å². The van der Waals surface area contributed by atoms with Crippen LogP contribution in [0.15, 0.2) is 0 Å². The van der Waals surface area contributed by atoms with Crippen molar-refractivity contribution in [2.75, 3.05) is 13.7 Å². The first-order valence-electron chi connectivity index (χ1n) is 5.98. The van der Waals surface area contributed by atoms with Crippen LogP contribution >= 0.6 is 0 Å². The summed E-state index contributed by atoms with van der Waals surface area (Å²) >= 11 is 0. The Labute approximate surface area is 91.1 Å². The van der Waals surface area contributed by atoms with Gasteiger partial charge in [-0.05, 0) is 31.1 Å². The highest BCUT2D eigenvalue weighted by Crippen LogP contribution is 2.34. The van der Waals surface area contributed by atoms with Crippen LogP contribution < -0.4 is 0 Å². The van der Waals surface area contributed by atoms with Crippen LogP contribution in [0.3, 0.4) is 0 Å². The van der Waals surface area contributed by atoms with Crippen LogP contribution in [0.2, 0.25) is 0 Å². The van der Waals surface area contributed by atoms with E-state index in [-0.39, 0.29) is 5.97 Å². The lowest BCUT2D eigenvalue weighted by Gasteiger charge is -2.34. The Kier molecular flexibility index (Phi) is 3.62. The molecule has 3 nitrogen and oxygen atoms in total. The Bertz CT molecular complexity index is 227. The van der Waals surface area contributed by atoms with Crippen molar-refractivity contribution in [1.82, 2.24) is 0 Å². The number of hydrogen-bond acceptors (Lipinski definition) is 3. The minimum absolute atomic E-state index is 0.00853. The first kappa shape index (κ1) is 10.9. The zero-order chi connectivity index (χ0) is 10.7. The Hall–Kier alpha value is -0.570. The summed E-state index contributed by atoms with van der Waals surface area (Å²) in [6.45, 7) is 0.614. The average Bonchev–Trinajstić information content (AvgIpc) is 2.21. The highest BCUT2D eigenvalue weighted by molar-refractivity contribution is 5.70. The summed E-state index contributed by atoms with van der Waals surface area (Å²) in [5.41, 5.74) is 0. The average molecular weight is 212 g/mol. The van der Waals surface area contributed by atoms with E-state index < -0.39 is 0 Å². The van der Waals surface area contributed by atoms with Crippen LogP contribution in [0.25, 0.3) is 0 Å². The zero-order valence-electron chi connectivity index (χ0n) is 9.41. The lowest BCUT2D eigenvalue weighted by Crippen LogP contribution is -2.34. The van der Waals surface area contributed by atoms with Gasteiger partial charge < -0.3 is 9.47 Å². The van der Waals surface area contributed by atoms with Crippen molar-refractivity contribution in [1.29, 1.82) is 0 Å². The van der Waals surface area contributed by atoms with Crippen molar-refractivity contribution in [3.05, 3.63) is 0 Å². The first-order valence-corrected chi connectivity index (χ1v) is 5.98. The van der Waals surface area contributed by atoms with Crippen molar-refractivity contribution in [2.45, 2.75) is 44.6 Å². The Morgan fingerprint density at radius 2 is 2.07 bits per heavy atom. The molecule has 0 radical (unpaired) electrons. The zero-order valence-corrected chi connectivity index (χ0v) is 9.41. The number of hydrogen-bond donors (Lipinski definition) is 0. The summed E-state index contributed by atoms with van der Waals surface area (Å²) in [7, 11) is 1.79. The first-order chi connectivity index (χ1) is 7.29. The number of ether oxygens (including phenoxy) is 2. The minimum Gasteiger partial charge on any atom is -0.465 e. The number of methoxy groups -OCH3 is 1. The largest absolute Gasteiger partial charge is 0.465 e. The summed E-state index contributed by atoms with van der Waals surface area (Å²) in [5.74, 6) is 1.07. The van der Waals surface area contributed by atoms with Crippen molar-refractivity contribution in [2.24, 2.45) is 11.8 Å². The maximum Gasteiger partial charge on any atom is 0.306 e. The van der Waals surface area contributed by atoms with Crippen molar-refractivity contribution >= 4 is 5.97 Å². The van der Waals surface area contributed by atoms with Crippen LogP contribution in [0.4, 0.5) is 0 Å². The van der Waals surface area contributed by atoms with Gasteiger partial charge in [-0.1, -0.05) is 12.8 Å². The van der Waals surface area contributed by atoms with Gasteiger partial charge in [0.25, 0.3) is 0 Å². The van der Waals surface area contributed by atoms with E-state index in [0.29, 0.717) is 31.0 Å². The van der Waals surface area contributed by atoms with Gasteiger partial charge in [0.1, 0.15) is 0 Å². The smallest absolute Gasteiger partial charge is 0.306 e. The second kappa shape index (κ2) is 4.97. The third-order valence-corrected chi connectivity index (χ3v) is 3.80. The molecule has 0 aromatic rings. The van der Waals surface area contributed by atoms with E-state index in [0.717, 1.165) is 12.8 Å². The molecule has 3 atom stereocenters. The molecular weight excluding hydrogens is 192 g/mol. The van der Waals surface area contributed by atoms with Gasteiger partial charge in [-0.2, -0.15) is 0 Å². The molecular formula is C12H20O3. The second-order valence-electron chi connectivity index (χ2n) is 4.79. The fourth-order valence-electron chi connectivity index (χ4n) is 2.82. The molecule has 86 valence electrons. The predicted molar refractivity (Wildman–Crippen MR) is 56.4 cm³/mol. The van der Waals surface area contributed by atoms with Crippen molar-refractivity contribution < 1.29 is 14.3 Å². The normalized spacial score (nSPS) is 37.4. The summed E-state index contributed by atoms with van der Waals surface area (Å²) in [5, 5.41) is 0. The number of fused-ring (bicyclic) bond motifs is 1. The fourth-order valence-corrected chi connectivity index (χ4v) is 2.82. The lowest BCUT2D eigenvalue weighted by atomic mass is 9.78. The molecule has 3 unspecified atom stereocenters. The van der Waals surface area contributed by atoms with Gasteiger partial charge in [-0.3, -0.25) is 4.79 Å². The number of cyclic esters (lactones) is 1. The van der Waals surface area contributed by atoms with Gasteiger partial charge in [-0.25, -0.2) is 0 Å². The summed E-state index contributed by atoms with van der Waals surface area (Å²) in [6.07, 6.45) is 6.87. The van der Waals surface area contributed by atoms with E-state index in [1.54, 1.807) is 7.11 Å². The second-order valence-corrected chi connectivity index (χ2v) is 4.79. The maximum atomic E-state index is 11.2. The molecule has 0 amide bonds. The third kappa shape index (κ3) is 2.71. The minimum atomic E-state index is -0.00853. The molecule has 1 saturated carbocycles. The summed E-state index contributed by atoms with van der Waals surface area (Å²) in [6, 6.07) is 0. The van der Waals surface area contributed by atoms with Gasteiger partial charge >= 0.3 is 5.97 Å². The molecule has 0 bridgehead atoms. The van der Waals surface area contributed by atoms with Crippen LogP contribution in [-0.4, -0.2) is 25.8 Å². The molecule has 1 aliphatic heterocycles. The molecule has 15 heavy (non-hydrogen) atoms. The number of carbonyl (C=O) groups excluding carboxylic acids is 1. The standard InChI is InChI=1S/C12H20O3/c1-14-11-5-3-2-4-9-7-12(13)15-8-10(9)6-11/h9-11H,2-8H2,1H3. The van der Waals surface area contributed by atoms with Gasteiger partial charge in [-0.15, -0.1) is 0 Å². The van der Waals surface area contributed by atoms with Crippen molar-refractivity contribution in [3.63, 3.8) is 0 Å². The Balaban J connectivity index is 1.98. The van der Waals surface area contributed by atoms with E-state index in [2.05, 4.69) is 0 Å². The molecule has 1 aliphatic carbocycles. The number of carbonyl (C=O) groups is 1. The maximum absolute atomic E-state index is 11.2. The molecule has 0 aromatic heterocycles. The third-order valence-electron chi connectivity index (χ3n) is 3.80. The molecule has 1 heterocycles. The Morgan fingerprint density at radius 1 is 1.27 bits per heavy atom. The predicted octanol–water partition coefficient (Wildman–Crippen LogP) is 2.14.